The molecule has 0 aliphatic carbocycles. The number of halogens is 3. The van der Waals surface area contributed by atoms with Crippen LogP contribution in [0.2, 0.25) is 0 Å². The third kappa shape index (κ3) is 10.8. The molecule has 13 nitrogen and oxygen atoms in total. The number of H-pyrrole nitrogens is 1. The smallest absolute Gasteiger partial charge is 0.370 e. The van der Waals surface area contributed by atoms with Crippen molar-refractivity contribution in [2.75, 3.05) is 26.2 Å². The number of nitrogens with two attached hydrogens (primary N) is 3. The number of fused-ring (bicyclic) bond motifs is 1. The average Bonchev–Trinajstić information content (AvgIpc) is 3.46. The van der Waals surface area contributed by atoms with Crippen LogP contribution in [0.3, 0.4) is 0 Å². The van der Waals surface area contributed by atoms with Gasteiger partial charge in [-0.15, -0.1) is 0 Å². The molecule has 53 heavy (non-hydrogen) atoms. The number of rotatable bonds is 9. The highest BCUT2D eigenvalue weighted by molar-refractivity contribution is 5.94. The van der Waals surface area contributed by atoms with E-state index in [2.05, 4.69) is 46.4 Å². The molecule has 16 heteroatoms. The number of carbonyl (C=O) groups excluding carboxylic acids is 1. The fourth-order valence-corrected chi connectivity index (χ4v) is 5.52. The Bertz CT molecular complexity index is 1960. The topological polar surface area (TPSA) is 209 Å². The molecule has 1 unspecified atom stereocenters. The van der Waals surface area contributed by atoms with Crippen LogP contribution in [0.5, 0.6) is 0 Å². The summed E-state index contributed by atoms with van der Waals surface area (Å²) in [5, 5.41) is 13.5. The molecular weight excluding hydrogens is 687 g/mol. The average molecular weight is 738 g/mol. The lowest BCUT2D eigenvalue weighted by molar-refractivity contribution is -0.161. The third-order valence-corrected chi connectivity index (χ3v) is 8.70. The van der Waals surface area contributed by atoms with E-state index < -0.39 is 12.2 Å². The van der Waals surface area contributed by atoms with Crippen LogP contribution in [-0.2, 0) is 10.8 Å². The third-order valence-electron chi connectivity index (χ3n) is 8.70. The zero-order valence-electron chi connectivity index (χ0n) is 30.9. The normalized spacial score (nSPS) is 14.2. The van der Waals surface area contributed by atoms with Crippen molar-refractivity contribution < 1.29 is 18.0 Å². The molecule has 0 saturated carbocycles. The Labute approximate surface area is 306 Å². The van der Waals surface area contributed by atoms with Crippen LogP contribution in [0.4, 0.5) is 13.2 Å². The predicted molar refractivity (Wildman–Crippen MR) is 202 cm³/mol. The van der Waals surface area contributed by atoms with E-state index in [1.807, 2.05) is 26.8 Å². The largest absolute Gasteiger partial charge is 0.407 e. The van der Waals surface area contributed by atoms with E-state index >= 15 is 0 Å². The van der Waals surface area contributed by atoms with Crippen molar-refractivity contribution in [3.05, 3.63) is 93.7 Å². The molecule has 1 aliphatic heterocycles. The monoisotopic (exact) mass is 737 g/mol. The maximum Gasteiger partial charge on any atom is 0.407 e. The molecule has 1 amide bonds. The van der Waals surface area contributed by atoms with Gasteiger partial charge in [-0.2, -0.15) is 18.2 Å². The van der Waals surface area contributed by atoms with E-state index in [4.69, 9.17) is 22.6 Å². The highest BCUT2D eigenvalue weighted by Gasteiger charge is 2.43. The van der Waals surface area contributed by atoms with Gasteiger partial charge in [0.2, 0.25) is 0 Å². The van der Waals surface area contributed by atoms with Crippen molar-refractivity contribution >= 4 is 28.9 Å². The summed E-state index contributed by atoms with van der Waals surface area (Å²) in [6, 6.07) is 13.3. The van der Waals surface area contributed by atoms with Crippen molar-refractivity contribution in [1.82, 2.24) is 30.1 Å². The highest BCUT2D eigenvalue weighted by Crippen LogP contribution is 2.35. The maximum absolute atomic E-state index is 13.4. The number of amides is 1. The Morgan fingerprint density at radius 3 is 2.15 bits per heavy atom. The molecule has 1 aliphatic rings. The van der Waals surface area contributed by atoms with Crippen molar-refractivity contribution in [2.45, 2.75) is 77.1 Å². The Morgan fingerprint density at radius 2 is 1.62 bits per heavy atom. The molecule has 2 aromatic carbocycles. The van der Waals surface area contributed by atoms with Crippen molar-refractivity contribution in [3.8, 4) is 5.69 Å². The van der Waals surface area contributed by atoms with Gasteiger partial charge in [0.15, 0.2) is 11.9 Å². The fraction of sp³-hybridized carbons (Fsp3) is 0.432. The minimum absolute atomic E-state index is 0.0362. The molecule has 3 heterocycles. The van der Waals surface area contributed by atoms with Gasteiger partial charge in [-0.3, -0.25) is 25.1 Å². The van der Waals surface area contributed by atoms with E-state index in [0.29, 0.717) is 49.5 Å². The van der Waals surface area contributed by atoms with Gasteiger partial charge < -0.3 is 32.4 Å². The first-order valence-corrected chi connectivity index (χ1v) is 17.2. The van der Waals surface area contributed by atoms with Crippen molar-refractivity contribution in [3.63, 3.8) is 0 Å². The van der Waals surface area contributed by atoms with Crippen LogP contribution in [0.25, 0.3) is 16.7 Å². The number of aromatic nitrogens is 3. The van der Waals surface area contributed by atoms with E-state index in [-0.39, 0.29) is 46.0 Å². The molecular formula is C37H50F3N11O2. The maximum atomic E-state index is 13.4. The molecule has 0 bridgehead atoms. The summed E-state index contributed by atoms with van der Waals surface area (Å²) in [6.45, 7) is 13.9. The van der Waals surface area contributed by atoms with Crippen LogP contribution in [0.15, 0.2) is 70.6 Å². The first kappa shape index (κ1) is 40.4. The van der Waals surface area contributed by atoms with Crippen LogP contribution >= 0.6 is 0 Å². The number of nitrogens with zero attached hydrogens (tertiary/aromatic N) is 4. The van der Waals surface area contributed by atoms with E-state index in [0.717, 1.165) is 16.6 Å². The Hall–Kier alpha value is -5.38. The van der Waals surface area contributed by atoms with Gasteiger partial charge in [-0.1, -0.05) is 65.8 Å². The number of hydrogen-bond donors (Lipinski definition) is 7. The zero-order chi connectivity index (χ0) is 39.3. The van der Waals surface area contributed by atoms with Crippen LogP contribution < -0.4 is 33.5 Å². The van der Waals surface area contributed by atoms with Gasteiger partial charge in [-0.05, 0) is 53.3 Å². The van der Waals surface area contributed by atoms with Gasteiger partial charge in [0.05, 0.1) is 5.69 Å². The number of alkyl halides is 3. The van der Waals surface area contributed by atoms with Gasteiger partial charge in [0.25, 0.3) is 5.91 Å². The number of likely N-dealkylation sites (tertiary alicyclic amines) is 1. The minimum atomic E-state index is -4.38. The first-order valence-electron chi connectivity index (χ1n) is 17.2. The molecule has 1 saturated heterocycles. The molecule has 0 spiro atoms. The molecule has 1 atom stereocenters. The molecule has 1 fully saturated rings. The summed E-state index contributed by atoms with van der Waals surface area (Å²) in [4.78, 5) is 37.5. The first-order chi connectivity index (χ1) is 24.6. The van der Waals surface area contributed by atoms with Gasteiger partial charge in [0.1, 0.15) is 11.7 Å². The molecule has 286 valence electrons. The summed E-state index contributed by atoms with van der Waals surface area (Å²) in [7, 11) is 0. The quantitative estimate of drug-likeness (QED) is 0.0752. The number of hydrogen-bond acceptors (Lipinski definition) is 6. The van der Waals surface area contributed by atoms with Crippen molar-refractivity contribution in [1.29, 1.82) is 5.41 Å². The van der Waals surface area contributed by atoms with Gasteiger partial charge in [-0.25, -0.2) is 4.79 Å². The molecule has 2 aromatic heterocycles. The molecule has 0 radical (unpaired) electrons. The summed E-state index contributed by atoms with van der Waals surface area (Å²) in [5.74, 6) is -0.275. The second-order valence-corrected chi connectivity index (χ2v) is 15.1. The number of guanidine groups is 2. The summed E-state index contributed by atoms with van der Waals surface area (Å²) < 4.78 is 41.6. The van der Waals surface area contributed by atoms with Crippen LogP contribution in [0.1, 0.15) is 81.2 Å². The Balaban J connectivity index is 0.000000245. The minimum Gasteiger partial charge on any atom is -0.370 e. The van der Waals surface area contributed by atoms with E-state index in [1.54, 1.807) is 42.6 Å². The van der Waals surface area contributed by atoms with E-state index in [9.17, 15) is 22.8 Å². The molecule has 10 N–H and O–H groups in total. The second kappa shape index (κ2) is 16.1. The van der Waals surface area contributed by atoms with Crippen LogP contribution in [-0.4, -0.2) is 75.7 Å². The molecule has 5 rings (SSSR count). The number of aliphatic imine (C=N–C) groups is 1. The Morgan fingerprint density at radius 1 is 1.00 bits per heavy atom. The number of aromatic amines is 1. The summed E-state index contributed by atoms with van der Waals surface area (Å²) in [6.07, 6.45) is -1.98. The lowest BCUT2D eigenvalue weighted by Crippen LogP contribution is -2.62. The van der Waals surface area contributed by atoms with Gasteiger partial charge >= 0.3 is 11.9 Å². The van der Waals surface area contributed by atoms with E-state index in [1.165, 1.54) is 21.6 Å². The highest BCUT2D eigenvalue weighted by atomic mass is 19.4. The Kier molecular flexibility index (Phi) is 12.3. The predicted octanol–water partition coefficient (Wildman–Crippen LogP) is 4.16. The number of carbonyl (C=O) groups is 1. The van der Waals surface area contributed by atoms with Crippen LogP contribution in [0, 0.1) is 5.41 Å². The number of benzene rings is 2. The fourth-order valence-electron chi connectivity index (χ4n) is 5.52. The second-order valence-electron chi connectivity index (χ2n) is 15.1. The lowest BCUT2D eigenvalue weighted by atomic mass is 9.86. The summed E-state index contributed by atoms with van der Waals surface area (Å²) in [5.41, 5.74) is 19.2. The number of nitrogens with one attached hydrogen (secondary N) is 4. The molecule has 4 aromatic rings. The van der Waals surface area contributed by atoms with Gasteiger partial charge in [0, 0.05) is 60.5 Å². The lowest BCUT2D eigenvalue weighted by Gasteiger charge is -2.42. The summed E-state index contributed by atoms with van der Waals surface area (Å²) >= 11 is 0. The standard InChI is InChI=1S/C21H27N7O2.C16H23F3N4/c1-21(2,3)16-11-14-12-28(20(30)27-17(14)26-16)15-7-5-13(6-8-15)18(29)24-9-4-10-25-19(22)23;1-15(2,3)11-6-4-10(5-7-11)13(16(17,18)19)22-12-8-23(9-12)14(20)21/h5-8,11-12H,4,9-10H2,1-3H3,(H,24,29)(H4,22,23,25)(H,26,27,30);4-7,12-13,22H,8-9H2,1-3H3,(H3,20,21). The zero-order valence-corrected chi connectivity index (χ0v) is 30.9. The SMILES string of the molecule is CC(C)(C)c1cc2cn(-c3ccc(C(=O)NCCCN=C(N)N)cc3)c(=O)nc2[nH]1.CC(C)(C)c1ccc(C(NC2CN(C(=N)N)C2)C(F)(F)F)cc1. The van der Waals surface area contributed by atoms with Crippen molar-refractivity contribution in [2.24, 2.45) is 22.2 Å².